The summed E-state index contributed by atoms with van der Waals surface area (Å²) in [6.07, 6.45) is -1.13. The summed E-state index contributed by atoms with van der Waals surface area (Å²) in [5.41, 5.74) is 12.0. The molecule has 0 saturated carbocycles. The number of nitrogens with two attached hydrogens (primary N) is 2. The van der Waals surface area contributed by atoms with Gasteiger partial charge < -0.3 is 60.9 Å². The Hall–Kier alpha value is -2.94. The second kappa shape index (κ2) is 17.7. The van der Waals surface area contributed by atoms with Gasteiger partial charge in [-0.05, 0) is 0 Å². The van der Waals surface area contributed by atoms with E-state index in [4.69, 9.17) is 20.9 Å². The first-order chi connectivity index (χ1) is 24.8. The Kier molecular flexibility index (Phi) is 14.3. The van der Waals surface area contributed by atoms with Crippen LogP contribution in [0.5, 0.6) is 0 Å². The van der Waals surface area contributed by atoms with Crippen LogP contribution in [0.2, 0.25) is 0 Å². The molecule has 28 nitrogen and oxygen atoms in total. The maximum Gasteiger partial charge on any atom is 0.479 e. The van der Waals surface area contributed by atoms with Gasteiger partial charge >= 0.3 is 30.8 Å². The summed E-state index contributed by atoms with van der Waals surface area (Å²) in [6.45, 7) is -5.36. The molecule has 4 rings (SSSR count). The van der Waals surface area contributed by atoms with Gasteiger partial charge in [0.25, 0.3) is 0 Å². The first-order valence-corrected chi connectivity index (χ1v) is 21.0. The molecule has 0 aliphatic carbocycles. The minimum Gasteiger partial charge on any atom is -0.394 e. The van der Waals surface area contributed by atoms with Crippen molar-refractivity contribution in [3.63, 3.8) is 0 Å². The number of anilines is 2. The van der Waals surface area contributed by atoms with Crippen molar-refractivity contribution in [3.05, 3.63) is 25.3 Å². The van der Waals surface area contributed by atoms with E-state index >= 15 is 0 Å². The zero-order valence-corrected chi connectivity index (χ0v) is 30.3. The zero-order chi connectivity index (χ0) is 39.2. The quantitative estimate of drug-likeness (QED) is 0.0389. The summed E-state index contributed by atoms with van der Waals surface area (Å²) in [5, 5.41) is 39.0. The number of rotatable bonds is 22. The number of ether oxygens (including phenoxy) is 2. The van der Waals surface area contributed by atoms with Crippen LogP contribution in [0.1, 0.15) is 12.5 Å². The van der Waals surface area contributed by atoms with E-state index in [2.05, 4.69) is 47.6 Å². The second-order valence-electron chi connectivity index (χ2n) is 10.4. The lowest BCUT2D eigenvalue weighted by Gasteiger charge is -2.25. The van der Waals surface area contributed by atoms with Gasteiger partial charge in [-0.1, -0.05) is 0 Å². The van der Waals surface area contributed by atoms with Gasteiger partial charge in [0, 0.05) is 0 Å². The molecule has 4 aromatic heterocycles. The number of nitrogens with zero attached hydrogens (tertiary/aromatic N) is 8. The normalized spacial score (nSPS) is 19.2. The standard InChI is InChI=1S/C21H34N10O18P4/c22-18-16-20(26-7-24-18)30(9-28-16)14(3-34)46-12(1-32)5-44-52(40,41)48-50(36,37)11-51(38,39)49-53(42,43)45-6-13(2-33)47-15(4-35)31-10-29-17-19(23)25-8-27-21(17)31/h7-10,12-15,32-35H,1-6,11H2,(H,36,37)(H,38,39)(H,40,41)(H,42,43)(H2,22,24,26)(H2,23,25,27)/t12-,13-,14+,15+/m0/s1. The third kappa shape index (κ3) is 11.5. The molecule has 0 aliphatic heterocycles. The minimum atomic E-state index is -5.68. The molecule has 8 atom stereocenters. The molecule has 0 aliphatic rings. The summed E-state index contributed by atoms with van der Waals surface area (Å²) in [4.78, 5) is 63.6. The number of hydrogen-bond acceptors (Lipinski definition) is 22. The van der Waals surface area contributed by atoms with E-state index in [0.29, 0.717) is 0 Å². The molecule has 32 heteroatoms. The van der Waals surface area contributed by atoms with Crippen LogP contribution >= 0.6 is 30.8 Å². The van der Waals surface area contributed by atoms with Crippen LogP contribution in [-0.2, 0) is 45.4 Å². The van der Waals surface area contributed by atoms with Crippen LogP contribution in [0.3, 0.4) is 0 Å². The number of hydrogen-bond donors (Lipinski definition) is 10. The fourth-order valence-electron chi connectivity index (χ4n) is 4.27. The maximum atomic E-state index is 12.5. The SMILES string of the molecule is Nc1ncnc2c1ncn2[C@@H](CO)O[C@@H](CO)COP(=O)(O)OP(=O)(O)CP(=O)(O)OP(=O)(O)OC[C@H](CO)O[C@H](CO)n1cnc2c(N)ncnc21. The molecule has 296 valence electrons. The third-order valence-corrected chi connectivity index (χ3v) is 14.0. The molecule has 0 amide bonds. The van der Waals surface area contributed by atoms with Gasteiger partial charge in [-0.25, -0.2) is 47.7 Å². The topological polar surface area (TPSA) is 425 Å². The first kappa shape index (κ1) is 42.8. The van der Waals surface area contributed by atoms with Gasteiger partial charge in [-0.15, -0.1) is 0 Å². The van der Waals surface area contributed by atoms with Gasteiger partial charge in [0.15, 0.2) is 41.3 Å². The fraction of sp³-hybridized carbons (Fsp3) is 0.524. The highest BCUT2D eigenvalue weighted by atomic mass is 31.3. The van der Waals surface area contributed by atoms with Gasteiger partial charge in [0.1, 0.15) is 35.9 Å². The Labute approximate surface area is 296 Å². The monoisotopic (exact) mass is 838 g/mol. The number of phosphoric ester groups is 2. The highest BCUT2D eigenvalue weighted by Gasteiger charge is 2.44. The molecule has 53 heavy (non-hydrogen) atoms. The average Bonchev–Trinajstić information content (AvgIpc) is 3.70. The summed E-state index contributed by atoms with van der Waals surface area (Å²) < 4.78 is 80.7. The highest BCUT2D eigenvalue weighted by Crippen LogP contribution is 2.70. The van der Waals surface area contributed by atoms with Gasteiger partial charge in [0.2, 0.25) is 0 Å². The predicted molar refractivity (Wildman–Crippen MR) is 174 cm³/mol. The van der Waals surface area contributed by atoms with Crippen LogP contribution in [0.4, 0.5) is 11.6 Å². The molecule has 0 bridgehead atoms. The van der Waals surface area contributed by atoms with Crippen molar-refractivity contribution in [3.8, 4) is 0 Å². The second-order valence-corrected chi connectivity index (χ2v) is 17.8. The number of aliphatic hydroxyl groups excluding tert-OH is 4. The largest absolute Gasteiger partial charge is 0.479 e. The fourth-order valence-corrected chi connectivity index (χ4v) is 11.1. The van der Waals surface area contributed by atoms with Gasteiger partial charge in [-0.2, -0.15) is 0 Å². The Bertz CT molecular complexity index is 1910. The van der Waals surface area contributed by atoms with E-state index in [-0.39, 0.29) is 34.0 Å². The zero-order valence-electron chi connectivity index (χ0n) is 26.8. The van der Waals surface area contributed by atoms with Crippen molar-refractivity contribution >= 4 is 64.8 Å². The molecule has 0 spiro atoms. The Morgan fingerprint density at radius 2 is 0.981 bits per heavy atom. The molecule has 4 heterocycles. The number of imidazole rings is 2. The molecular formula is C21H34N10O18P4. The third-order valence-electron chi connectivity index (χ3n) is 6.48. The smallest absolute Gasteiger partial charge is 0.394 e. The predicted octanol–water partition coefficient (Wildman–Crippen LogP) is -1.84. The Balaban J connectivity index is 1.30. The molecule has 0 fully saturated rings. The highest BCUT2D eigenvalue weighted by molar-refractivity contribution is 7.76. The van der Waals surface area contributed by atoms with E-state index in [1.54, 1.807) is 0 Å². The van der Waals surface area contributed by atoms with E-state index < -0.39 is 101 Å². The molecule has 0 aromatic carbocycles. The molecule has 4 aromatic rings. The average molecular weight is 838 g/mol. The first-order valence-electron chi connectivity index (χ1n) is 14.4. The lowest BCUT2D eigenvalue weighted by atomic mass is 10.4. The number of aromatic nitrogens is 8. The molecule has 0 radical (unpaired) electrons. The van der Waals surface area contributed by atoms with Crippen molar-refractivity contribution in [2.24, 2.45) is 0 Å². The van der Waals surface area contributed by atoms with Crippen molar-refractivity contribution in [1.82, 2.24) is 39.0 Å². The van der Waals surface area contributed by atoms with Crippen molar-refractivity contribution < 1.29 is 85.4 Å². The van der Waals surface area contributed by atoms with Crippen LogP contribution in [0.15, 0.2) is 25.3 Å². The number of phosphoric acid groups is 2. The lowest BCUT2D eigenvalue weighted by molar-refractivity contribution is -0.109. The molecular weight excluding hydrogens is 804 g/mol. The number of fused-ring (bicyclic) bond motifs is 2. The van der Waals surface area contributed by atoms with Gasteiger partial charge in [0.05, 0.1) is 52.3 Å². The Morgan fingerprint density at radius 1 is 0.604 bits per heavy atom. The lowest BCUT2D eigenvalue weighted by Crippen LogP contribution is -2.29. The maximum absolute atomic E-state index is 12.5. The molecule has 4 unspecified atom stereocenters. The number of nitrogen functional groups attached to an aromatic ring is 2. The van der Waals surface area contributed by atoms with Crippen molar-refractivity contribution in [2.45, 2.75) is 24.7 Å². The minimum absolute atomic E-state index is 0.00293. The summed E-state index contributed by atoms with van der Waals surface area (Å²) in [6, 6.07) is 0. The van der Waals surface area contributed by atoms with E-state index in [1.807, 2.05) is 0 Å². The van der Waals surface area contributed by atoms with Gasteiger partial charge in [-0.3, -0.25) is 27.3 Å². The molecule has 0 saturated heterocycles. The van der Waals surface area contributed by atoms with Crippen molar-refractivity contribution in [2.75, 3.05) is 57.0 Å². The van der Waals surface area contributed by atoms with E-state index in [9.17, 15) is 58.3 Å². The summed E-state index contributed by atoms with van der Waals surface area (Å²) in [5.74, 6) is -2.04. The van der Waals surface area contributed by atoms with E-state index in [1.165, 1.54) is 21.8 Å². The van der Waals surface area contributed by atoms with Crippen molar-refractivity contribution in [1.29, 1.82) is 0 Å². The summed E-state index contributed by atoms with van der Waals surface area (Å²) >= 11 is 0. The molecule has 12 N–H and O–H groups in total. The van der Waals surface area contributed by atoms with Crippen LogP contribution < -0.4 is 11.5 Å². The van der Waals surface area contributed by atoms with Crippen LogP contribution in [-0.4, -0.2) is 137 Å². The number of aliphatic hydroxyl groups is 4. The summed E-state index contributed by atoms with van der Waals surface area (Å²) in [7, 11) is -22.6. The van der Waals surface area contributed by atoms with Crippen LogP contribution in [0, 0.1) is 0 Å². The van der Waals surface area contributed by atoms with Crippen LogP contribution in [0.25, 0.3) is 22.3 Å². The Morgan fingerprint density at radius 3 is 1.32 bits per heavy atom. The van der Waals surface area contributed by atoms with E-state index in [0.717, 1.165) is 12.7 Å².